The van der Waals surface area contributed by atoms with Crippen LogP contribution in [0.1, 0.15) is 42.3 Å². The van der Waals surface area contributed by atoms with Crippen LogP contribution in [0.2, 0.25) is 0 Å². The maximum Gasteiger partial charge on any atom is 0.259 e. The molecule has 0 saturated carbocycles. The summed E-state index contributed by atoms with van der Waals surface area (Å²) in [6.07, 6.45) is 0.838. The summed E-state index contributed by atoms with van der Waals surface area (Å²) in [4.78, 5) is 14.8. The number of nitrogens with zero attached hydrogens (tertiary/aromatic N) is 1. The van der Waals surface area contributed by atoms with E-state index in [4.69, 9.17) is 0 Å². The minimum Gasteiger partial charge on any atom is -0.302 e. The second kappa shape index (κ2) is 6.11. The van der Waals surface area contributed by atoms with Crippen LogP contribution in [-0.2, 0) is 6.42 Å². The maximum atomic E-state index is 12.9. The van der Waals surface area contributed by atoms with E-state index in [1.165, 1.54) is 9.14 Å². The topological polar surface area (TPSA) is 20.3 Å². The van der Waals surface area contributed by atoms with E-state index in [1.54, 1.807) is 0 Å². The van der Waals surface area contributed by atoms with Crippen molar-refractivity contribution in [2.24, 2.45) is 0 Å². The first-order chi connectivity index (χ1) is 10.9. The normalized spacial score (nSPS) is 16.5. The van der Waals surface area contributed by atoms with Crippen molar-refractivity contribution in [2.45, 2.75) is 32.7 Å². The number of fused-ring (bicyclic) bond motifs is 1. The number of halogens is 1. The summed E-state index contributed by atoms with van der Waals surface area (Å²) in [6.45, 7) is 6.26. The van der Waals surface area contributed by atoms with Gasteiger partial charge in [0.2, 0.25) is 0 Å². The van der Waals surface area contributed by atoms with E-state index in [1.807, 2.05) is 29.2 Å². The Morgan fingerprint density at radius 2 is 1.52 bits per heavy atom. The molecule has 0 aromatic heterocycles. The predicted octanol–water partition coefficient (Wildman–Crippen LogP) is 5.29. The third-order valence-electron chi connectivity index (χ3n) is 3.97. The van der Waals surface area contributed by atoms with Gasteiger partial charge in [0.1, 0.15) is 0 Å². The van der Waals surface area contributed by atoms with Crippen molar-refractivity contribution in [1.29, 1.82) is 0 Å². The number of rotatable bonds is 2. The molecule has 2 nitrogen and oxygen atoms in total. The molecule has 0 fully saturated rings. The lowest BCUT2D eigenvalue weighted by atomic mass is 10.0. The van der Waals surface area contributed by atoms with Gasteiger partial charge in [0.15, 0.2) is 0 Å². The van der Waals surface area contributed by atoms with E-state index in [9.17, 15) is 4.79 Å². The molecule has 1 amide bonds. The number of allylic oxidation sites excluding steroid dienone is 1. The summed E-state index contributed by atoms with van der Waals surface area (Å²) in [5, 5.41) is 0. The molecule has 0 saturated heterocycles. The summed E-state index contributed by atoms with van der Waals surface area (Å²) in [5.74, 6) is 0.102. The average molecular weight is 417 g/mol. The van der Waals surface area contributed by atoms with Crippen LogP contribution < -0.4 is 0 Å². The molecule has 0 aliphatic carbocycles. The quantitative estimate of drug-likeness (QED) is 0.609. The highest BCUT2D eigenvalue weighted by molar-refractivity contribution is 14.1. The molecule has 1 aliphatic heterocycles. The van der Waals surface area contributed by atoms with Crippen molar-refractivity contribution in [3.05, 3.63) is 74.9 Å². The summed E-state index contributed by atoms with van der Waals surface area (Å²) >= 11 is 2.39. The second-order valence-electron chi connectivity index (χ2n) is 6.77. The monoisotopic (exact) mass is 417 g/mol. The summed E-state index contributed by atoms with van der Waals surface area (Å²) < 4.78 is 1.20. The lowest BCUT2D eigenvalue weighted by Crippen LogP contribution is -2.41. The molecule has 2 aromatic rings. The van der Waals surface area contributed by atoms with E-state index in [0.29, 0.717) is 0 Å². The van der Waals surface area contributed by atoms with Crippen LogP contribution in [0.25, 0.3) is 5.70 Å². The van der Waals surface area contributed by atoms with E-state index < -0.39 is 0 Å². The standard InChI is InChI=1S/C20H20INO/c1-20(2,3)22-18(15-11-7-8-12-16(15)19(22)23)17(21)13-14-9-5-4-6-10-14/h4-12H,13H2,1-3H3/b18-17+. The molecular weight excluding hydrogens is 397 g/mol. The molecule has 118 valence electrons. The third kappa shape index (κ3) is 3.07. The smallest absolute Gasteiger partial charge is 0.259 e. The van der Waals surface area contributed by atoms with Gasteiger partial charge in [-0.05, 0) is 55.0 Å². The molecule has 1 aliphatic rings. The minimum absolute atomic E-state index is 0.102. The van der Waals surface area contributed by atoms with Crippen molar-refractivity contribution < 1.29 is 4.79 Å². The van der Waals surface area contributed by atoms with Crippen LogP contribution >= 0.6 is 22.6 Å². The fourth-order valence-corrected chi connectivity index (χ4v) is 3.96. The first kappa shape index (κ1) is 16.2. The van der Waals surface area contributed by atoms with Crippen LogP contribution in [0.3, 0.4) is 0 Å². The van der Waals surface area contributed by atoms with Gasteiger partial charge in [-0.15, -0.1) is 0 Å². The minimum atomic E-state index is -0.251. The van der Waals surface area contributed by atoms with E-state index in [0.717, 1.165) is 23.2 Å². The first-order valence-corrected chi connectivity index (χ1v) is 8.84. The maximum absolute atomic E-state index is 12.9. The van der Waals surface area contributed by atoms with E-state index >= 15 is 0 Å². The van der Waals surface area contributed by atoms with Crippen LogP contribution in [-0.4, -0.2) is 16.3 Å². The van der Waals surface area contributed by atoms with Gasteiger partial charge in [-0.1, -0.05) is 48.5 Å². The Hall–Kier alpha value is -1.62. The average Bonchev–Trinajstić information content (AvgIpc) is 2.82. The van der Waals surface area contributed by atoms with Crippen LogP contribution in [0.15, 0.2) is 58.2 Å². The molecule has 23 heavy (non-hydrogen) atoms. The molecule has 0 atom stereocenters. The Bertz CT molecular complexity index is 772. The predicted molar refractivity (Wildman–Crippen MR) is 103 cm³/mol. The molecule has 1 heterocycles. The van der Waals surface area contributed by atoms with E-state index in [2.05, 4.69) is 73.7 Å². The van der Waals surface area contributed by atoms with Crippen LogP contribution in [0.5, 0.6) is 0 Å². The van der Waals surface area contributed by atoms with Crippen molar-refractivity contribution in [3.63, 3.8) is 0 Å². The van der Waals surface area contributed by atoms with Gasteiger partial charge in [0.05, 0.1) is 5.70 Å². The molecule has 0 radical (unpaired) electrons. The molecule has 0 bridgehead atoms. The molecular formula is C20H20INO. The zero-order valence-electron chi connectivity index (χ0n) is 13.6. The fraction of sp³-hybridized carbons (Fsp3) is 0.250. The van der Waals surface area contributed by atoms with Gasteiger partial charge >= 0.3 is 0 Å². The van der Waals surface area contributed by atoms with Crippen LogP contribution in [0, 0.1) is 0 Å². The summed E-state index contributed by atoms with van der Waals surface area (Å²) in [5.41, 5.74) is 3.92. The molecule has 0 N–H and O–H groups in total. The van der Waals surface area contributed by atoms with Crippen molar-refractivity contribution in [3.8, 4) is 0 Å². The highest BCUT2D eigenvalue weighted by atomic mass is 127. The number of hydrogen-bond acceptors (Lipinski definition) is 1. The van der Waals surface area contributed by atoms with Crippen molar-refractivity contribution >= 4 is 34.2 Å². The van der Waals surface area contributed by atoms with Crippen molar-refractivity contribution in [2.75, 3.05) is 0 Å². The Labute approximate surface area is 151 Å². The summed E-state index contributed by atoms with van der Waals surface area (Å²) in [6, 6.07) is 18.3. The number of amides is 1. The second-order valence-corrected chi connectivity index (χ2v) is 8.08. The van der Waals surface area contributed by atoms with Crippen LogP contribution in [0.4, 0.5) is 0 Å². The Morgan fingerprint density at radius 1 is 0.957 bits per heavy atom. The molecule has 0 spiro atoms. The zero-order valence-corrected chi connectivity index (χ0v) is 15.8. The molecule has 3 rings (SSSR count). The van der Waals surface area contributed by atoms with Gasteiger partial charge in [-0.3, -0.25) is 4.79 Å². The highest BCUT2D eigenvalue weighted by Crippen LogP contribution is 2.41. The van der Waals surface area contributed by atoms with E-state index in [-0.39, 0.29) is 11.4 Å². The van der Waals surface area contributed by atoms with Gasteiger partial charge in [-0.2, -0.15) is 0 Å². The number of carbonyl (C=O) groups is 1. The number of benzene rings is 2. The third-order valence-corrected chi connectivity index (χ3v) is 4.86. The van der Waals surface area contributed by atoms with Gasteiger partial charge in [-0.25, -0.2) is 0 Å². The SMILES string of the molecule is CC(C)(C)N1C(=O)c2ccccc2/C1=C(\I)Cc1ccccc1. The summed E-state index contributed by atoms with van der Waals surface area (Å²) in [7, 11) is 0. The Morgan fingerprint density at radius 3 is 2.13 bits per heavy atom. The van der Waals surface area contributed by atoms with Gasteiger partial charge in [0, 0.05) is 26.7 Å². The van der Waals surface area contributed by atoms with Gasteiger partial charge < -0.3 is 4.90 Å². The van der Waals surface area contributed by atoms with Crippen molar-refractivity contribution in [1.82, 2.24) is 4.90 Å². The highest BCUT2D eigenvalue weighted by Gasteiger charge is 2.39. The lowest BCUT2D eigenvalue weighted by molar-refractivity contribution is 0.0748. The number of carbonyl (C=O) groups excluding carboxylic acids is 1. The molecule has 2 aromatic carbocycles. The van der Waals surface area contributed by atoms with Gasteiger partial charge in [0.25, 0.3) is 5.91 Å². The fourth-order valence-electron chi connectivity index (χ4n) is 2.98. The lowest BCUT2D eigenvalue weighted by Gasteiger charge is -2.34. The Balaban J connectivity index is 2.13. The Kier molecular flexibility index (Phi) is 4.32. The zero-order chi connectivity index (χ0) is 16.6. The molecule has 3 heteroatoms. The largest absolute Gasteiger partial charge is 0.302 e. The first-order valence-electron chi connectivity index (χ1n) is 7.76. The number of hydrogen-bond donors (Lipinski definition) is 0. The molecule has 0 unspecified atom stereocenters.